The molecule has 102 valence electrons. The van der Waals surface area contributed by atoms with E-state index in [1.165, 1.54) is 5.56 Å². The molecule has 1 unspecified atom stereocenters. The number of halogens is 2. The Kier molecular flexibility index (Phi) is 6.31. The third kappa shape index (κ3) is 5.83. The summed E-state index contributed by atoms with van der Waals surface area (Å²) < 4.78 is 2.11. The fourth-order valence-corrected chi connectivity index (χ4v) is 2.75. The fraction of sp³-hybridized carbons (Fsp3) is 0.571. The molecular weight excluding hydrogens is 358 g/mol. The minimum absolute atomic E-state index is 0.503. The van der Waals surface area contributed by atoms with Crippen LogP contribution in [0.5, 0.6) is 0 Å². The van der Waals surface area contributed by atoms with Crippen LogP contribution in [0, 0.1) is 5.92 Å². The summed E-state index contributed by atoms with van der Waals surface area (Å²) in [5, 5.41) is 13.5. The van der Waals surface area contributed by atoms with E-state index in [0.29, 0.717) is 12.5 Å². The van der Waals surface area contributed by atoms with Crippen molar-refractivity contribution in [1.29, 1.82) is 0 Å². The number of hydrogen-bond acceptors (Lipinski definition) is 2. The number of benzene rings is 1. The number of rotatable bonds is 6. The molecule has 1 rings (SSSR count). The van der Waals surface area contributed by atoms with Gasteiger partial charge in [0, 0.05) is 22.0 Å². The van der Waals surface area contributed by atoms with E-state index in [1.807, 2.05) is 13.0 Å². The van der Waals surface area contributed by atoms with Crippen LogP contribution in [-0.2, 0) is 6.54 Å². The quantitative estimate of drug-likeness (QED) is 0.780. The lowest BCUT2D eigenvalue weighted by Gasteiger charge is -2.25. The van der Waals surface area contributed by atoms with Gasteiger partial charge in [0.2, 0.25) is 0 Å². The van der Waals surface area contributed by atoms with E-state index in [2.05, 4.69) is 63.2 Å². The Hall–Kier alpha value is 0.1000. The predicted molar refractivity (Wildman–Crippen MR) is 83.6 cm³/mol. The minimum Gasteiger partial charge on any atom is -0.389 e. The standard InChI is InChI=1S/C14H21Br2NO/c1-10(2)7-14(3,18)9-17-8-11-4-5-12(15)13(16)6-11/h4-6,10,17-18H,7-9H2,1-3H3. The molecule has 0 radical (unpaired) electrons. The van der Waals surface area contributed by atoms with Gasteiger partial charge in [-0.1, -0.05) is 19.9 Å². The highest BCUT2D eigenvalue weighted by molar-refractivity contribution is 9.13. The van der Waals surface area contributed by atoms with Crippen molar-refractivity contribution in [3.8, 4) is 0 Å². The van der Waals surface area contributed by atoms with Gasteiger partial charge in [0.1, 0.15) is 0 Å². The third-order valence-electron chi connectivity index (χ3n) is 2.67. The van der Waals surface area contributed by atoms with Gasteiger partial charge < -0.3 is 10.4 Å². The number of hydrogen-bond donors (Lipinski definition) is 2. The Morgan fingerprint density at radius 1 is 1.28 bits per heavy atom. The first-order chi connectivity index (χ1) is 8.30. The summed E-state index contributed by atoms with van der Waals surface area (Å²) in [7, 11) is 0. The first-order valence-corrected chi connectivity index (χ1v) is 7.76. The van der Waals surface area contributed by atoms with Crippen molar-refractivity contribution in [2.75, 3.05) is 6.54 Å². The predicted octanol–water partition coefficient (Wildman–Crippen LogP) is 4.10. The maximum absolute atomic E-state index is 10.2. The second kappa shape index (κ2) is 7.04. The summed E-state index contributed by atoms with van der Waals surface area (Å²) in [5.41, 5.74) is 0.561. The molecule has 0 bridgehead atoms. The van der Waals surface area contributed by atoms with Crippen molar-refractivity contribution in [1.82, 2.24) is 5.32 Å². The van der Waals surface area contributed by atoms with Crippen LogP contribution in [0.1, 0.15) is 32.8 Å². The minimum atomic E-state index is -0.638. The zero-order valence-electron chi connectivity index (χ0n) is 11.1. The lowest BCUT2D eigenvalue weighted by Crippen LogP contribution is -2.38. The van der Waals surface area contributed by atoms with Crippen molar-refractivity contribution in [3.05, 3.63) is 32.7 Å². The van der Waals surface area contributed by atoms with Gasteiger partial charge in [-0.2, -0.15) is 0 Å². The second-order valence-corrected chi connectivity index (χ2v) is 7.16. The van der Waals surface area contributed by atoms with Crippen molar-refractivity contribution >= 4 is 31.9 Å². The van der Waals surface area contributed by atoms with E-state index in [9.17, 15) is 5.11 Å². The Balaban J connectivity index is 2.43. The molecule has 0 spiro atoms. The second-order valence-electron chi connectivity index (χ2n) is 5.45. The van der Waals surface area contributed by atoms with Crippen LogP contribution in [0.15, 0.2) is 27.1 Å². The monoisotopic (exact) mass is 377 g/mol. The Morgan fingerprint density at radius 3 is 2.50 bits per heavy atom. The molecule has 0 fully saturated rings. The first kappa shape index (κ1) is 16.2. The number of nitrogens with one attached hydrogen (secondary N) is 1. The molecule has 2 nitrogen and oxygen atoms in total. The van der Waals surface area contributed by atoms with E-state index >= 15 is 0 Å². The average Bonchev–Trinajstić information content (AvgIpc) is 2.21. The molecule has 0 aromatic heterocycles. The van der Waals surface area contributed by atoms with Crippen LogP contribution < -0.4 is 5.32 Å². The van der Waals surface area contributed by atoms with Crippen LogP contribution in [0.3, 0.4) is 0 Å². The smallest absolute Gasteiger partial charge is 0.0746 e. The molecule has 0 heterocycles. The molecule has 18 heavy (non-hydrogen) atoms. The van der Waals surface area contributed by atoms with Crippen molar-refractivity contribution < 1.29 is 5.11 Å². The van der Waals surface area contributed by atoms with E-state index in [4.69, 9.17) is 0 Å². The molecule has 1 atom stereocenters. The first-order valence-electron chi connectivity index (χ1n) is 6.17. The van der Waals surface area contributed by atoms with Crippen molar-refractivity contribution in [3.63, 3.8) is 0 Å². The third-order valence-corrected chi connectivity index (χ3v) is 4.55. The summed E-state index contributed by atoms with van der Waals surface area (Å²) in [6.45, 7) is 7.51. The van der Waals surface area contributed by atoms with Crippen LogP contribution in [-0.4, -0.2) is 17.3 Å². The Bertz CT molecular complexity index is 391. The van der Waals surface area contributed by atoms with Gasteiger partial charge in [0.15, 0.2) is 0 Å². The SMILES string of the molecule is CC(C)CC(C)(O)CNCc1ccc(Br)c(Br)c1. The lowest BCUT2D eigenvalue weighted by molar-refractivity contribution is 0.0383. The lowest BCUT2D eigenvalue weighted by atomic mass is 9.94. The normalized spacial score (nSPS) is 14.8. The van der Waals surface area contributed by atoms with Crippen LogP contribution in [0.2, 0.25) is 0 Å². The summed E-state index contributed by atoms with van der Waals surface area (Å²) >= 11 is 6.94. The van der Waals surface area contributed by atoms with Crippen molar-refractivity contribution in [2.45, 2.75) is 39.3 Å². The molecule has 2 N–H and O–H groups in total. The molecule has 0 saturated heterocycles. The molecule has 0 saturated carbocycles. The Labute approximate surface area is 126 Å². The summed E-state index contributed by atoms with van der Waals surface area (Å²) in [6.07, 6.45) is 0.810. The Morgan fingerprint density at radius 2 is 1.94 bits per heavy atom. The zero-order chi connectivity index (χ0) is 13.8. The molecule has 1 aromatic carbocycles. The molecular formula is C14H21Br2NO. The maximum atomic E-state index is 10.2. The van der Waals surface area contributed by atoms with E-state index < -0.39 is 5.60 Å². The summed E-state index contributed by atoms with van der Waals surface area (Å²) in [6, 6.07) is 6.17. The highest BCUT2D eigenvalue weighted by Gasteiger charge is 2.20. The zero-order valence-corrected chi connectivity index (χ0v) is 14.3. The van der Waals surface area contributed by atoms with Crippen LogP contribution in [0.4, 0.5) is 0 Å². The molecule has 1 aromatic rings. The van der Waals surface area contributed by atoms with Gasteiger partial charge in [-0.25, -0.2) is 0 Å². The van der Waals surface area contributed by atoms with E-state index in [1.54, 1.807) is 0 Å². The average molecular weight is 379 g/mol. The topological polar surface area (TPSA) is 32.3 Å². The van der Waals surface area contributed by atoms with Gasteiger partial charge in [0.05, 0.1) is 5.60 Å². The van der Waals surface area contributed by atoms with Gasteiger partial charge >= 0.3 is 0 Å². The van der Waals surface area contributed by atoms with Gasteiger partial charge in [0.25, 0.3) is 0 Å². The molecule has 0 aliphatic heterocycles. The highest BCUT2D eigenvalue weighted by atomic mass is 79.9. The molecule has 4 heteroatoms. The fourth-order valence-electron chi connectivity index (χ4n) is 2.08. The van der Waals surface area contributed by atoms with Crippen LogP contribution in [0.25, 0.3) is 0 Å². The summed E-state index contributed by atoms with van der Waals surface area (Å²) in [5.74, 6) is 0.503. The molecule has 0 aliphatic rings. The van der Waals surface area contributed by atoms with E-state index in [-0.39, 0.29) is 0 Å². The van der Waals surface area contributed by atoms with Gasteiger partial charge in [-0.05, 0) is 68.8 Å². The van der Waals surface area contributed by atoms with Gasteiger partial charge in [-0.3, -0.25) is 0 Å². The summed E-state index contributed by atoms with van der Waals surface area (Å²) in [4.78, 5) is 0. The highest BCUT2D eigenvalue weighted by Crippen LogP contribution is 2.23. The van der Waals surface area contributed by atoms with Gasteiger partial charge in [-0.15, -0.1) is 0 Å². The van der Waals surface area contributed by atoms with Crippen LogP contribution >= 0.6 is 31.9 Å². The maximum Gasteiger partial charge on any atom is 0.0746 e. The largest absolute Gasteiger partial charge is 0.389 e. The van der Waals surface area contributed by atoms with Crippen molar-refractivity contribution in [2.24, 2.45) is 5.92 Å². The number of aliphatic hydroxyl groups is 1. The molecule has 0 aliphatic carbocycles. The molecule has 0 amide bonds. The van der Waals surface area contributed by atoms with E-state index in [0.717, 1.165) is 21.9 Å².